The van der Waals surface area contributed by atoms with Crippen molar-refractivity contribution in [3.8, 4) is 0 Å². The lowest BCUT2D eigenvalue weighted by Crippen LogP contribution is -2.42. The van der Waals surface area contributed by atoms with E-state index in [1.165, 1.54) is 4.90 Å². The van der Waals surface area contributed by atoms with Crippen molar-refractivity contribution in [2.24, 2.45) is 0 Å². The van der Waals surface area contributed by atoms with E-state index in [-0.39, 0.29) is 12.6 Å². The predicted molar refractivity (Wildman–Crippen MR) is 63.8 cm³/mol. The van der Waals surface area contributed by atoms with Gasteiger partial charge in [-0.15, -0.1) is 0 Å². The van der Waals surface area contributed by atoms with Gasteiger partial charge in [0.1, 0.15) is 5.60 Å². The molecule has 2 atom stereocenters. The number of aliphatic hydroxyl groups excluding tert-OH is 1. The summed E-state index contributed by atoms with van der Waals surface area (Å²) in [5.74, 6) is 0. The molecule has 5 nitrogen and oxygen atoms in total. The van der Waals surface area contributed by atoms with E-state index in [2.05, 4.69) is 0 Å². The van der Waals surface area contributed by atoms with E-state index in [4.69, 9.17) is 9.47 Å². The predicted octanol–water partition coefficient (Wildman–Crippen LogP) is 1.17. The SMILES string of the molecule is CO[C@H]1C=C[C@@H](O)CN(C(=O)OC(C)(C)C)C1. The van der Waals surface area contributed by atoms with Crippen molar-refractivity contribution in [3.05, 3.63) is 12.2 Å². The van der Waals surface area contributed by atoms with Crippen molar-refractivity contribution in [2.75, 3.05) is 20.2 Å². The molecule has 98 valence electrons. The average molecular weight is 243 g/mol. The Hall–Kier alpha value is -1.07. The lowest BCUT2D eigenvalue weighted by Gasteiger charge is -2.28. The number of carbonyl (C=O) groups excluding carboxylic acids is 1. The Labute approximate surface area is 102 Å². The van der Waals surface area contributed by atoms with E-state index < -0.39 is 17.8 Å². The molecule has 0 unspecified atom stereocenters. The van der Waals surface area contributed by atoms with Gasteiger partial charge >= 0.3 is 6.09 Å². The molecular formula is C12H21NO4. The molecule has 0 aromatic heterocycles. The summed E-state index contributed by atoms with van der Waals surface area (Å²) in [5.41, 5.74) is -0.537. The van der Waals surface area contributed by atoms with Gasteiger partial charge in [0, 0.05) is 7.11 Å². The molecule has 1 heterocycles. The fourth-order valence-electron chi connectivity index (χ4n) is 1.52. The van der Waals surface area contributed by atoms with E-state index >= 15 is 0 Å². The van der Waals surface area contributed by atoms with Crippen LogP contribution in [0.2, 0.25) is 0 Å². The Balaban J connectivity index is 2.66. The average Bonchev–Trinajstić information content (AvgIpc) is 2.37. The van der Waals surface area contributed by atoms with Gasteiger partial charge in [0.2, 0.25) is 0 Å². The molecular weight excluding hydrogens is 222 g/mol. The largest absolute Gasteiger partial charge is 0.444 e. The summed E-state index contributed by atoms with van der Waals surface area (Å²) in [5, 5.41) is 9.63. The second-order valence-electron chi connectivity index (χ2n) is 5.11. The van der Waals surface area contributed by atoms with E-state index in [0.717, 1.165) is 0 Å². The topological polar surface area (TPSA) is 59.0 Å². The highest BCUT2D eigenvalue weighted by molar-refractivity contribution is 5.68. The van der Waals surface area contributed by atoms with Gasteiger partial charge in [-0.1, -0.05) is 12.2 Å². The molecule has 0 spiro atoms. The van der Waals surface area contributed by atoms with Crippen LogP contribution in [0.25, 0.3) is 0 Å². The van der Waals surface area contributed by atoms with Gasteiger partial charge in [0.05, 0.1) is 25.3 Å². The zero-order valence-electron chi connectivity index (χ0n) is 10.8. The monoisotopic (exact) mass is 243 g/mol. The lowest BCUT2D eigenvalue weighted by molar-refractivity contribution is 0.00935. The maximum atomic E-state index is 11.9. The first kappa shape index (κ1) is 14.0. The summed E-state index contributed by atoms with van der Waals surface area (Å²) >= 11 is 0. The van der Waals surface area contributed by atoms with Crippen LogP contribution in [0, 0.1) is 0 Å². The Kier molecular flexibility index (Phi) is 4.54. The van der Waals surface area contributed by atoms with Crippen LogP contribution < -0.4 is 0 Å². The van der Waals surface area contributed by atoms with E-state index in [9.17, 15) is 9.90 Å². The molecule has 0 aromatic rings. The first-order valence-corrected chi connectivity index (χ1v) is 5.69. The van der Waals surface area contributed by atoms with Gasteiger partial charge in [-0.2, -0.15) is 0 Å². The minimum Gasteiger partial charge on any atom is -0.444 e. The summed E-state index contributed by atoms with van der Waals surface area (Å²) in [6.07, 6.45) is 2.08. The molecule has 0 fully saturated rings. The number of methoxy groups -OCH3 is 1. The first-order chi connectivity index (χ1) is 7.81. The van der Waals surface area contributed by atoms with Crippen LogP contribution >= 0.6 is 0 Å². The Morgan fingerprint density at radius 2 is 2.00 bits per heavy atom. The van der Waals surface area contributed by atoms with Crippen molar-refractivity contribution in [1.82, 2.24) is 4.90 Å². The number of ether oxygens (including phenoxy) is 2. The van der Waals surface area contributed by atoms with Crippen molar-refractivity contribution in [2.45, 2.75) is 38.6 Å². The molecule has 5 heteroatoms. The third-order valence-corrected chi connectivity index (χ3v) is 2.31. The van der Waals surface area contributed by atoms with E-state index in [1.54, 1.807) is 19.3 Å². The third kappa shape index (κ3) is 4.75. The van der Waals surface area contributed by atoms with Crippen molar-refractivity contribution in [3.63, 3.8) is 0 Å². The number of aliphatic hydroxyl groups is 1. The molecule has 1 N–H and O–H groups in total. The molecule has 0 saturated heterocycles. The fraction of sp³-hybridized carbons (Fsp3) is 0.750. The molecule has 0 aromatic carbocycles. The molecule has 1 aliphatic rings. The third-order valence-electron chi connectivity index (χ3n) is 2.31. The minimum absolute atomic E-state index is 0.209. The summed E-state index contributed by atoms with van der Waals surface area (Å²) in [4.78, 5) is 13.3. The van der Waals surface area contributed by atoms with Crippen molar-refractivity contribution >= 4 is 6.09 Å². The zero-order chi connectivity index (χ0) is 13.1. The van der Waals surface area contributed by atoms with E-state index in [0.29, 0.717) is 6.54 Å². The van der Waals surface area contributed by atoms with Crippen LogP contribution in [-0.2, 0) is 9.47 Å². The molecule has 1 aliphatic heterocycles. The first-order valence-electron chi connectivity index (χ1n) is 5.69. The standard InChI is InChI=1S/C12H21NO4/c1-12(2,3)17-11(15)13-7-9(14)5-6-10(8-13)16-4/h5-6,9-10,14H,7-8H2,1-4H3/t9-,10+/m1/s1. The number of β-amino-alcohol motifs (C(OH)–C–C–N with tert-alkyl or cyclic N) is 1. The van der Waals surface area contributed by atoms with E-state index in [1.807, 2.05) is 20.8 Å². The highest BCUT2D eigenvalue weighted by Gasteiger charge is 2.26. The van der Waals surface area contributed by atoms with Gasteiger partial charge in [0.15, 0.2) is 0 Å². The quantitative estimate of drug-likeness (QED) is 0.702. The van der Waals surface area contributed by atoms with Crippen molar-refractivity contribution in [1.29, 1.82) is 0 Å². The number of carbonyl (C=O) groups is 1. The van der Waals surface area contributed by atoms with Gasteiger partial charge in [-0.3, -0.25) is 0 Å². The lowest BCUT2D eigenvalue weighted by atomic mass is 10.2. The van der Waals surface area contributed by atoms with Crippen molar-refractivity contribution < 1.29 is 19.4 Å². The molecule has 0 saturated carbocycles. The number of rotatable bonds is 1. The molecule has 1 amide bonds. The second-order valence-corrected chi connectivity index (χ2v) is 5.11. The highest BCUT2D eigenvalue weighted by Crippen LogP contribution is 2.13. The number of hydrogen-bond acceptors (Lipinski definition) is 4. The Bertz CT molecular complexity index is 295. The zero-order valence-corrected chi connectivity index (χ0v) is 10.8. The van der Waals surface area contributed by atoms with Gasteiger partial charge in [0.25, 0.3) is 0 Å². The minimum atomic E-state index is -0.678. The van der Waals surface area contributed by atoms with Crippen LogP contribution in [0.15, 0.2) is 12.2 Å². The van der Waals surface area contributed by atoms with Crippen LogP contribution in [0.4, 0.5) is 4.79 Å². The van der Waals surface area contributed by atoms with Gasteiger partial charge < -0.3 is 19.5 Å². The van der Waals surface area contributed by atoms with Gasteiger partial charge in [-0.05, 0) is 20.8 Å². The maximum absolute atomic E-state index is 11.9. The van der Waals surface area contributed by atoms with Crippen LogP contribution in [0.5, 0.6) is 0 Å². The van der Waals surface area contributed by atoms with Crippen LogP contribution in [0.1, 0.15) is 20.8 Å². The fourth-order valence-corrected chi connectivity index (χ4v) is 1.52. The summed E-state index contributed by atoms with van der Waals surface area (Å²) < 4.78 is 10.4. The molecule has 1 rings (SSSR count). The number of hydrogen-bond donors (Lipinski definition) is 1. The smallest absolute Gasteiger partial charge is 0.410 e. The molecule has 0 bridgehead atoms. The summed E-state index contributed by atoms with van der Waals surface area (Å²) in [7, 11) is 1.57. The molecule has 17 heavy (non-hydrogen) atoms. The normalized spacial score (nSPS) is 25.6. The summed E-state index contributed by atoms with van der Waals surface area (Å²) in [6, 6.07) is 0. The molecule has 0 radical (unpaired) electrons. The second kappa shape index (κ2) is 5.51. The Morgan fingerprint density at radius 3 is 2.53 bits per heavy atom. The van der Waals surface area contributed by atoms with Crippen LogP contribution in [0.3, 0.4) is 0 Å². The number of amides is 1. The highest BCUT2D eigenvalue weighted by atomic mass is 16.6. The summed E-state index contributed by atoms with van der Waals surface area (Å²) in [6.45, 7) is 6.05. The number of nitrogens with zero attached hydrogens (tertiary/aromatic N) is 1. The van der Waals surface area contributed by atoms with Crippen LogP contribution in [-0.4, -0.2) is 54.1 Å². The Morgan fingerprint density at radius 1 is 1.35 bits per heavy atom. The van der Waals surface area contributed by atoms with Gasteiger partial charge in [-0.25, -0.2) is 4.79 Å². The molecule has 0 aliphatic carbocycles. The maximum Gasteiger partial charge on any atom is 0.410 e.